The zero-order valence-corrected chi connectivity index (χ0v) is 17.6. The molecule has 0 unspecified atom stereocenters. The van der Waals surface area contributed by atoms with Crippen LogP contribution in [-0.2, 0) is 35.5 Å². The molecule has 0 fully saturated rings. The topological polar surface area (TPSA) is 52.6 Å². The largest absolute Gasteiger partial charge is 0.429 e. The van der Waals surface area contributed by atoms with Crippen molar-refractivity contribution in [3.05, 3.63) is 66.1 Å². The van der Waals surface area contributed by atoms with Gasteiger partial charge in [-0.3, -0.25) is 9.59 Å². The maximum absolute atomic E-state index is 11.2. The van der Waals surface area contributed by atoms with Crippen molar-refractivity contribution in [2.24, 2.45) is 0 Å². The molecule has 0 spiro atoms. The zero-order chi connectivity index (χ0) is 17.4. The monoisotopic (exact) mass is 389 g/mol. The number of rotatable bonds is 7. The van der Waals surface area contributed by atoms with Crippen molar-refractivity contribution in [3.63, 3.8) is 0 Å². The molecule has 0 aliphatic rings. The summed E-state index contributed by atoms with van der Waals surface area (Å²) in [6.45, 7) is 3.53. The number of carbonyl (C=O) groups excluding carboxylic acids is 2. The van der Waals surface area contributed by atoms with E-state index in [0.717, 1.165) is 17.5 Å². The molecular formula is C20H21O4Zn-. The summed E-state index contributed by atoms with van der Waals surface area (Å²) >= 11 is 0. The van der Waals surface area contributed by atoms with E-state index in [1.54, 1.807) is 38.1 Å². The maximum atomic E-state index is 11.2. The Morgan fingerprint density at radius 1 is 0.800 bits per heavy atom. The van der Waals surface area contributed by atoms with E-state index >= 15 is 0 Å². The van der Waals surface area contributed by atoms with Crippen molar-refractivity contribution in [2.45, 2.75) is 33.1 Å². The van der Waals surface area contributed by atoms with Crippen LogP contribution in [0.25, 0.3) is 0 Å². The molecular weight excluding hydrogens is 370 g/mol. The minimum absolute atomic E-state index is 0. The van der Waals surface area contributed by atoms with Gasteiger partial charge in [-0.05, 0) is 12.1 Å². The molecule has 2 aromatic carbocycles. The number of hydrogen-bond donors (Lipinski definition) is 0. The Balaban J connectivity index is 0.00000312. The number of ether oxygens (including phenoxy) is 2. The van der Waals surface area contributed by atoms with Gasteiger partial charge >= 0.3 is 11.9 Å². The van der Waals surface area contributed by atoms with Gasteiger partial charge in [0.1, 0.15) is 11.5 Å². The summed E-state index contributed by atoms with van der Waals surface area (Å²) < 4.78 is 10.3. The molecule has 2 aromatic rings. The Kier molecular flexibility index (Phi) is 8.93. The summed E-state index contributed by atoms with van der Waals surface area (Å²) in [7, 11) is 0. The molecule has 0 aliphatic carbocycles. The van der Waals surface area contributed by atoms with Gasteiger partial charge in [0.05, 0.1) is 0 Å². The predicted octanol–water partition coefficient (Wildman–Crippen LogP) is 4.11. The fourth-order valence-corrected chi connectivity index (χ4v) is 2.01. The van der Waals surface area contributed by atoms with Gasteiger partial charge in [-0.1, -0.05) is 50.1 Å². The third-order valence-corrected chi connectivity index (χ3v) is 3.42. The van der Waals surface area contributed by atoms with E-state index in [-0.39, 0.29) is 31.4 Å². The summed E-state index contributed by atoms with van der Waals surface area (Å²) in [5.41, 5.74) is 2.17. The van der Waals surface area contributed by atoms with Crippen LogP contribution in [0, 0.1) is 6.42 Å². The molecule has 0 atom stereocenters. The van der Waals surface area contributed by atoms with Gasteiger partial charge in [0, 0.05) is 32.3 Å². The van der Waals surface area contributed by atoms with Crippen LogP contribution in [0.1, 0.15) is 37.8 Å². The van der Waals surface area contributed by atoms with Crippen LogP contribution in [-0.4, -0.2) is 11.9 Å². The average molecular weight is 391 g/mol. The normalized spacial score (nSPS) is 9.68. The third-order valence-electron chi connectivity index (χ3n) is 3.42. The van der Waals surface area contributed by atoms with E-state index in [4.69, 9.17) is 9.47 Å². The molecule has 25 heavy (non-hydrogen) atoms. The van der Waals surface area contributed by atoms with Gasteiger partial charge in [-0.25, -0.2) is 0 Å². The number of esters is 2. The second-order valence-electron chi connectivity index (χ2n) is 5.28. The van der Waals surface area contributed by atoms with Crippen molar-refractivity contribution in [1.82, 2.24) is 0 Å². The molecule has 4 nitrogen and oxygen atoms in total. The van der Waals surface area contributed by atoms with Gasteiger partial charge in [0.15, 0.2) is 0 Å². The van der Waals surface area contributed by atoms with Crippen LogP contribution in [0.15, 0.2) is 48.5 Å². The first-order valence-corrected chi connectivity index (χ1v) is 8.04. The molecule has 0 N–H and O–H groups in total. The van der Waals surface area contributed by atoms with Gasteiger partial charge in [-0.15, -0.1) is 0 Å². The van der Waals surface area contributed by atoms with E-state index in [9.17, 15) is 9.59 Å². The first-order chi connectivity index (χ1) is 11.6. The molecule has 0 heterocycles. The molecule has 0 saturated heterocycles. The van der Waals surface area contributed by atoms with Crippen molar-refractivity contribution in [3.8, 4) is 11.5 Å². The quantitative estimate of drug-likeness (QED) is 0.309. The summed E-state index contributed by atoms with van der Waals surface area (Å²) in [4.78, 5) is 22.5. The second kappa shape index (κ2) is 10.7. The Hall–Kier alpha value is -2.13. The molecule has 0 aliphatic heterocycles. The van der Waals surface area contributed by atoms with Gasteiger partial charge in [-0.2, -0.15) is 24.1 Å². The van der Waals surface area contributed by atoms with Crippen molar-refractivity contribution >= 4 is 11.9 Å². The van der Waals surface area contributed by atoms with Gasteiger partial charge in [0.25, 0.3) is 0 Å². The SMILES string of the molecule is CCC(=O)Oc1ccc([CH-]Cc2ccc(OC(=O)CC)cc2)cc1.[Zn]. The molecule has 128 valence electrons. The van der Waals surface area contributed by atoms with Crippen LogP contribution in [0.3, 0.4) is 0 Å². The number of hydrogen-bond acceptors (Lipinski definition) is 4. The Morgan fingerprint density at radius 3 is 1.68 bits per heavy atom. The standard InChI is InChI=1S/C20H21O4.Zn/c1-3-19(21)23-17-11-7-15(8-12-17)5-6-16-9-13-18(14-10-16)24-20(22)4-2;/h5,7-14H,3-4,6H2,1-2H3;/q-1;. The van der Waals surface area contributed by atoms with E-state index in [1.807, 2.05) is 24.3 Å². The van der Waals surface area contributed by atoms with Gasteiger partial charge < -0.3 is 9.47 Å². The van der Waals surface area contributed by atoms with Crippen molar-refractivity contribution in [2.75, 3.05) is 0 Å². The van der Waals surface area contributed by atoms with Crippen LogP contribution in [0.2, 0.25) is 0 Å². The fourth-order valence-electron chi connectivity index (χ4n) is 2.01. The van der Waals surface area contributed by atoms with E-state index < -0.39 is 0 Å². The zero-order valence-electron chi connectivity index (χ0n) is 14.7. The van der Waals surface area contributed by atoms with E-state index in [1.165, 1.54) is 0 Å². The smallest absolute Gasteiger partial charge is 0.310 e. The van der Waals surface area contributed by atoms with Crippen LogP contribution in [0.5, 0.6) is 11.5 Å². The molecule has 0 saturated carbocycles. The van der Waals surface area contributed by atoms with E-state index in [0.29, 0.717) is 24.3 Å². The fraction of sp³-hybridized carbons (Fsp3) is 0.250. The van der Waals surface area contributed by atoms with Crippen LogP contribution < -0.4 is 9.47 Å². The molecule has 0 bridgehead atoms. The summed E-state index contributed by atoms with van der Waals surface area (Å²) in [6, 6.07) is 14.9. The maximum Gasteiger partial charge on any atom is 0.310 e. The summed E-state index contributed by atoms with van der Waals surface area (Å²) in [5, 5.41) is 0. The Bertz CT molecular complexity index is 616. The Morgan fingerprint density at radius 2 is 1.24 bits per heavy atom. The molecule has 0 radical (unpaired) electrons. The average Bonchev–Trinajstić information content (AvgIpc) is 2.62. The van der Waals surface area contributed by atoms with Gasteiger partial charge in [0.2, 0.25) is 0 Å². The summed E-state index contributed by atoms with van der Waals surface area (Å²) in [6.07, 6.45) is 3.56. The van der Waals surface area contributed by atoms with Crippen molar-refractivity contribution in [1.29, 1.82) is 0 Å². The van der Waals surface area contributed by atoms with Crippen LogP contribution >= 0.6 is 0 Å². The minimum Gasteiger partial charge on any atom is -0.429 e. The first kappa shape index (κ1) is 20.9. The molecule has 5 heteroatoms. The predicted molar refractivity (Wildman–Crippen MR) is 91.8 cm³/mol. The molecule has 0 aromatic heterocycles. The van der Waals surface area contributed by atoms with E-state index in [2.05, 4.69) is 6.42 Å². The first-order valence-electron chi connectivity index (χ1n) is 8.04. The second-order valence-corrected chi connectivity index (χ2v) is 5.28. The third kappa shape index (κ3) is 7.10. The molecule has 0 amide bonds. The Labute approximate surface area is 161 Å². The summed E-state index contributed by atoms with van der Waals surface area (Å²) in [5.74, 6) is 0.641. The number of benzene rings is 2. The van der Waals surface area contributed by atoms with Crippen molar-refractivity contribution < 1.29 is 38.5 Å². The number of carbonyl (C=O) groups is 2. The minimum atomic E-state index is -0.240. The van der Waals surface area contributed by atoms with Crippen LogP contribution in [0.4, 0.5) is 0 Å². The molecule has 2 rings (SSSR count).